The van der Waals surface area contributed by atoms with Gasteiger partial charge in [0.25, 0.3) is 11.7 Å². The predicted octanol–water partition coefficient (Wildman–Crippen LogP) is 4.42. The van der Waals surface area contributed by atoms with E-state index in [9.17, 15) is 59.7 Å². The number of nitrogens with zero attached hydrogens (tertiary/aromatic N) is 1. The van der Waals surface area contributed by atoms with Crippen molar-refractivity contribution in [2.45, 2.75) is 218 Å². The molecule has 1 saturated carbocycles. The fourth-order valence-corrected chi connectivity index (χ4v) is 11.4. The minimum absolute atomic E-state index is 0.00421. The number of esters is 1. The molecule has 78 heavy (non-hydrogen) atoms. The molecule has 2 bridgehead atoms. The molecule has 19 heteroatoms. The van der Waals surface area contributed by atoms with Crippen molar-refractivity contribution in [2.24, 2.45) is 35.5 Å². The highest BCUT2D eigenvalue weighted by molar-refractivity contribution is 6.39. The highest BCUT2D eigenvalue weighted by Gasteiger charge is 2.53. The van der Waals surface area contributed by atoms with Crippen LogP contribution < -0.4 is 0 Å². The molecule has 2 saturated heterocycles. The number of carbonyl (C=O) groups excluding carboxylic acids is 5. The van der Waals surface area contributed by atoms with Crippen LogP contribution in [0.15, 0.2) is 47.6 Å². The Labute approximate surface area is 462 Å². The van der Waals surface area contributed by atoms with Crippen molar-refractivity contribution in [1.29, 1.82) is 0 Å². The molecule has 19 atom stereocenters. The zero-order valence-corrected chi connectivity index (χ0v) is 47.9. The first kappa shape index (κ1) is 66.9. The maximum absolute atomic E-state index is 14.6. The van der Waals surface area contributed by atoms with E-state index in [-0.39, 0.29) is 87.5 Å². The molecule has 0 aromatic rings. The summed E-state index contributed by atoms with van der Waals surface area (Å²) in [6, 6.07) is -1.23. The van der Waals surface area contributed by atoms with Gasteiger partial charge in [-0.2, -0.15) is 0 Å². The second kappa shape index (κ2) is 32.2. The van der Waals surface area contributed by atoms with Gasteiger partial charge in [0.15, 0.2) is 5.78 Å². The number of ether oxygens (including phenoxy) is 6. The van der Waals surface area contributed by atoms with Crippen molar-refractivity contribution in [3.05, 3.63) is 47.6 Å². The first-order chi connectivity index (χ1) is 36.9. The average Bonchev–Trinajstić information content (AvgIpc) is 3.46. The van der Waals surface area contributed by atoms with E-state index in [2.05, 4.69) is 0 Å². The lowest BCUT2D eigenvalue weighted by Gasteiger charge is -2.43. The van der Waals surface area contributed by atoms with Crippen LogP contribution in [0.2, 0.25) is 0 Å². The van der Waals surface area contributed by atoms with E-state index in [1.54, 1.807) is 73.0 Å². The normalized spacial score (nSPS) is 37.4. The van der Waals surface area contributed by atoms with Gasteiger partial charge >= 0.3 is 5.97 Å². The zero-order valence-electron chi connectivity index (χ0n) is 47.9. The Morgan fingerprint density at radius 3 is 2.19 bits per heavy atom. The van der Waals surface area contributed by atoms with Crippen molar-refractivity contribution in [2.75, 3.05) is 40.6 Å². The number of aliphatic hydroxyl groups excluding tert-OH is 6. The summed E-state index contributed by atoms with van der Waals surface area (Å²) in [6.45, 7) is 13.4. The van der Waals surface area contributed by atoms with E-state index >= 15 is 0 Å². The third-order valence-corrected chi connectivity index (χ3v) is 16.6. The molecule has 4 aliphatic rings. The van der Waals surface area contributed by atoms with Gasteiger partial charge in [-0.25, -0.2) is 4.79 Å². The van der Waals surface area contributed by atoms with Gasteiger partial charge in [0.05, 0.1) is 50.3 Å². The number of aliphatic hydroxyl groups is 7. The summed E-state index contributed by atoms with van der Waals surface area (Å²) >= 11 is 0. The Morgan fingerprint density at radius 2 is 1.53 bits per heavy atom. The monoisotopic (exact) mass is 1110 g/mol. The fraction of sp³-hybridized carbons (Fsp3) is 0.780. The summed E-state index contributed by atoms with van der Waals surface area (Å²) in [5.74, 6) is -8.98. The number of piperidine rings is 1. The molecule has 0 spiro atoms. The van der Waals surface area contributed by atoms with Crippen molar-refractivity contribution < 1.29 is 88.1 Å². The number of amides is 1. The number of Topliss-reactive ketones (excluding diaryl/α,β-unsaturated/α-hetero) is 3. The number of rotatable bonds is 15. The molecule has 0 aromatic carbocycles. The first-order valence-electron chi connectivity index (χ1n) is 28.4. The quantitative estimate of drug-likeness (QED) is 0.0679. The SMILES string of the molecule is CCC(O)C(O)C(O)C(O)COC1C[C@@H]2CC[C@@H](C)[C@@](O)(O2)C(=O)C(=O)N2CCCC[C@H]2C(=O)O[C@H]([C@H](C)C[C@@H]2CC[C@@H](OCCO)[C@H](OC)C2)CC(=O)[C@H](C)/C=C(\C)[C@@H](O)[C@@H](OC)C(=O)[C@H](C)C[C@H](C)/C=C/C=C/C=C/1C. The molecule has 0 radical (unpaired) electrons. The fourth-order valence-electron chi connectivity index (χ4n) is 11.4. The molecule has 1 aliphatic carbocycles. The van der Waals surface area contributed by atoms with E-state index < -0.39 is 115 Å². The summed E-state index contributed by atoms with van der Waals surface area (Å²) < 4.78 is 36.0. The van der Waals surface area contributed by atoms with Gasteiger partial charge in [0.2, 0.25) is 5.79 Å². The smallest absolute Gasteiger partial charge is 0.329 e. The van der Waals surface area contributed by atoms with E-state index in [1.807, 2.05) is 26.0 Å². The Morgan fingerprint density at radius 1 is 0.821 bits per heavy atom. The van der Waals surface area contributed by atoms with Crippen LogP contribution in [0.25, 0.3) is 0 Å². The van der Waals surface area contributed by atoms with E-state index in [1.165, 1.54) is 7.11 Å². The molecule has 1 amide bonds. The van der Waals surface area contributed by atoms with Crippen molar-refractivity contribution in [1.82, 2.24) is 4.90 Å². The molecule has 0 aromatic heterocycles. The molecule has 3 fully saturated rings. The maximum Gasteiger partial charge on any atom is 0.329 e. The number of hydrogen-bond acceptors (Lipinski definition) is 18. The first-order valence-corrected chi connectivity index (χ1v) is 28.4. The molecule has 3 heterocycles. The summed E-state index contributed by atoms with van der Waals surface area (Å²) in [4.78, 5) is 72.9. The molecular weight excluding hydrogens is 1010 g/mol. The summed E-state index contributed by atoms with van der Waals surface area (Å²) in [5.41, 5.74) is 0.959. The Balaban J connectivity index is 1.73. The van der Waals surface area contributed by atoms with Gasteiger partial charge in [-0.05, 0) is 113 Å². The standard InChI is InChI=1S/C59H95NO18/c1-11-44(62)53(67)54(68)46(64)33-76-48-31-42-22-20-40(8)59(72,78-42)56(69)57(70)60-24-16-15-19-43(60)58(71)77-49(37(5)29-41-21-23-47(75-26-25-61)50(30-41)73-9)32-45(63)36(4)28-39(7)52(66)55(74-10)51(65)38(6)27-34(2)17-13-12-14-18-35(48)3/h12-14,17-18,28,34,36-38,40-44,46-50,52-55,61-62,64,66-68,72H,11,15-16,19-27,29-33H2,1-10H3/b14-12+,17-13+,35-18+,39-28+/t34-,36-,37-,38-,40-,41+,42+,43+,44?,46?,47-,48?,49+,50-,52-,53?,54?,55+,59-/m1/s1. The van der Waals surface area contributed by atoms with Crippen molar-refractivity contribution in [3.63, 3.8) is 0 Å². The van der Waals surface area contributed by atoms with Gasteiger partial charge in [0, 0.05) is 51.4 Å². The second-order valence-electron chi connectivity index (χ2n) is 22.8. The number of carbonyl (C=O) groups is 5. The zero-order chi connectivity index (χ0) is 58.0. The number of cyclic esters (lactones) is 1. The molecule has 4 rings (SSSR count). The van der Waals surface area contributed by atoms with Crippen molar-refractivity contribution >= 4 is 29.2 Å². The van der Waals surface area contributed by atoms with Crippen LogP contribution in [0.3, 0.4) is 0 Å². The van der Waals surface area contributed by atoms with Gasteiger partial charge in [-0.1, -0.05) is 78.0 Å². The van der Waals surface area contributed by atoms with Crippen LogP contribution in [-0.2, 0) is 52.4 Å². The molecule has 19 nitrogen and oxygen atoms in total. The number of methoxy groups -OCH3 is 2. The lowest BCUT2D eigenvalue weighted by atomic mass is 9.78. The van der Waals surface area contributed by atoms with Crippen LogP contribution in [0, 0.1) is 35.5 Å². The van der Waals surface area contributed by atoms with Gasteiger partial charge in [-0.15, -0.1) is 0 Å². The topological polar surface area (TPSA) is 286 Å². The molecule has 7 N–H and O–H groups in total. The Bertz CT molecular complexity index is 2060. The molecule has 444 valence electrons. The Kier molecular flexibility index (Phi) is 27.6. The predicted molar refractivity (Wildman–Crippen MR) is 289 cm³/mol. The Hall–Kier alpha value is -3.57. The molecule has 5 unspecified atom stereocenters. The number of hydrogen-bond donors (Lipinski definition) is 7. The van der Waals surface area contributed by atoms with Gasteiger partial charge in [-0.3, -0.25) is 19.2 Å². The largest absolute Gasteiger partial charge is 0.460 e. The number of ketones is 3. The maximum atomic E-state index is 14.6. The third-order valence-electron chi connectivity index (χ3n) is 16.6. The lowest BCUT2D eigenvalue weighted by Crippen LogP contribution is -2.61. The number of allylic oxidation sites excluding steroid dienone is 6. The molecular formula is C59H95NO18. The highest BCUT2D eigenvalue weighted by Crippen LogP contribution is 2.38. The minimum Gasteiger partial charge on any atom is -0.460 e. The number of fused-ring (bicyclic) bond motifs is 3. The van der Waals surface area contributed by atoms with Gasteiger partial charge < -0.3 is 69.1 Å². The van der Waals surface area contributed by atoms with Gasteiger partial charge in [0.1, 0.15) is 48.4 Å². The van der Waals surface area contributed by atoms with Crippen LogP contribution in [-0.4, -0.2) is 189 Å². The van der Waals surface area contributed by atoms with Crippen LogP contribution in [0.5, 0.6) is 0 Å². The third kappa shape index (κ3) is 18.5. The average molecular weight is 1110 g/mol. The minimum atomic E-state index is -2.61. The van der Waals surface area contributed by atoms with E-state index in [0.29, 0.717) is 56.1 Å². The summed E-state index contributed by atoms with van der Waals surface area (Å²) in [6.07, 6.45) is 3.12. The van der Waals surface area contributed by atoms with Crippen molar-refractivity contribution in [3.8, 4) is 0 Å². The van der Waals surface area contributed by atoms with Crippen LogP contribution in [0.4, 0.5) is 0 Å². The second-order valence-corrected chi connectivity index (χ2v) is 22.8. The van der Waals surface area contributed by atoms with E-state index in [4.69, 9.17) is 28.4 Å². The molecule has 3 aliphatic heterocycles. The van der Waals surface area contributed by atoms with Crippen LogP contribution in [0.1, 0.15) is 139 Å². The summed E-state index contributed by atoms with van der Waals surface area (Å²) in [5, 5.41) is 75.3. The van der Waals surface area contributed by atoms with Crippen LogP contribution >= 0.6 is 0 Å². The summed E-state index contributed by atoms with van der Waals surface area (Å²) in [7, 11) is 2.96. The highest BCUT2D eigenvalue weighted by atomic mass is 16.6. The van der Waals surface area contributed by atoms with E-state index in [0.717, 1.165) is 11.3 Å². The lowest BCUT2D eigenvalue weighted by molar-refractivity contribution is -0.266.